The molecule has 0 radical (unpaired) electrons. The molecule has 1 fully saturated rings. The van der Waals surface area contributed by atoms with Crippen molar-refractivity contribution in [1.82, 2.24) is 14.5 Å². The SMILES string of the molecule is COc1ccc(S(=O)(=O)N2CCN(C(=O)[C@@H](NC(=O)c3cccs3)C(C)C)CC2)cc1. The lowest BCUT2D eigenvalue weighted by molar-refractivity contribution is -0.135. The Morgan fingerprint density at radius 3 is 2.23 bits per heavy atom. The van der Waals surface area contributed by atoms with Crippen molar-refractivity contribution in [3.63, 3.8) is 0 Å². The second-order valence-electron chi connectivity index (χ2n) is 7.58. The maximum absolute atomic E-state index is 13.1. The van der Waals surface area contributed by atoms with Crippen LogP contribution in [-0.4, -0.2) is 68.8 Å². The van der Waals surface area contributed by atoms with Crippen LogP contribution < -0.4 is 10.1 Å². The number of rotatable bonds is 7. The third-order valence-corrected chi connectivity index (χ3v) is 7.99. The van der Waals surface area contributed by atoms with Crippen LogP contribution in [0.3, 0.4) is 0 Å². The number of ether oxygens (including phenoxy) is 1. The number of nitrogens with zero attached hydrogens (tertiary/aromatic N) is 2. The zero-order valence-corrected chi connectivity index (χ0v) is 19.4. The minimum Gasteiger partial charge on any atom is -0.497 e. The van der Waals surface area contributed by atoms with Crippen LogP contribution in [0.15, 0.2) is 46.7 Å². The molecule has 10 heteroatoms. The summed E-state index contributed by atoms with van der Waals surface area (Å²) in [4.78, 5) is 27.9. The van der Waals surface area contributed by atoms with E-state index in [0.29, 0.717) is 10.6 Å². The number of benzene rings is 1. The zero-order chi connectivity index (χ0) is 22.6. The highest BCUT2D eigenvalue weighted by Crippen LogP contribution is 2.21. The monoisotopic (exact) mass is 465 g/mol. The molecule has 168 valence electrons. The molecule has 8 nitrogen and oxygen atoms in total. The van der Waals surface area contributed by atoms with Crippen LogP contribution in [0.4, 0.5) is 0 Å². The van der Waals surface area contributed by atoms with Gasteiger partial charge in [-0.15, -0.1) is 11.3 Å². The number of carbonyl (C=O) groups is 2. The number of hydrogen-bond acceptors (Lipinski definition) is 6. The van der Waals surface area contributed by atoms with Gasteiger partial charge < -0.3 is 15.0 Å². The lowest BCUT2D eigenvalue weighted by Crippen LogP contribution is -2.57. The largest absolute Gasteiger partial charge is 0.497 e. The van der Waals surface area contributed by atoms with E-state index in [1.165, 1.54) is 34.9 Å². The Balaban J connectivity index is 1.64. The molecule has 1 saturated heterocycles. The molecule has 2 amide bonds. The maximum Gasteiger partial charge on any atom is 0.262 e. The Morgan fingerprint density at radius 1 is 1.06 bits per heavy atom. The van der Waals surface area contributed by atoms with Crippen molar-refractivity contribution >= 4 is 33.2 Å². The number of thiophene rings is 1. The molecule has 1 aromatic heterocycles. The number of sulfonamides is 1. The summed E-state index contributed by atoms with van der Waals surface area (Å²) in [6.45, 7) is 4.69. The molecule has 1 aliphatic heterocycles. The fraction of sp³-hybridized carbons (Fsp3) is 0.429. The Labute approximate surface area is 186 Å². The van der Waals surface area contributed by atoms with E-state index in [0.717, 1.165) is 0 Å². The zero-order valence-electron chi connectivity index (χ0n) is 17.8. The van der Waals surface area contributed by atoms with Gasteiger partial charge >= 0.3 is 0 Å². The normalized spacial score (nSPS) is 16.2. The molecule has 31 heavy (non-hydrogen) atoms. The molecule has 1 N–H and O–H groups in total. The summed E-state index contributed by atoms with van der Waals surface area (Å²) in [6.07, 6.45) is 0. The van der Waals surface area contributed by atoms with E-state index in [1.54, 1.807) is 29.2 Å². The molecule has 2 aromatic rings. The van der Waals surface area contributed by atoms with E-state index in [9.17, 15) is 18.0 Å². The van der Waals surface area contributed by atoms with Crippen LogP contribution in [0.5, 0.6) is 5.75 Å². The van der Waals surface area contributed by atoms with E-state index in [4.69, 9.17) is 4.74 Å². The molecule has 0 unspecified atom stereocenters. The standard InChI is InChI=1S/C21H27N3O5S2/c1-15(2)19(22-20(25)18-5-4-14-30-18)21(26)23-10-12-24(13-11-23)31(27,28)17-8-6-16(29-3)7-9-17/h4-9,14-15,19H,10-13H2,1-3H3,(H,22,25)/t19-/m0/s1. The lowest BCUT2D eigenvalue weighted by atomic mass is 10.0. The topological polar surface area (TPSA) is 96.0 Å². The van der Waals surface area contributed by atoms with Crippen LogP contribution in [0.2, 0.25) is 0 Å². The second-order valence-corrected chi connectivity index (χ2v) is 10.5. The summed E-state index contributed by atoms with van der Waals surface area (Å²) in [6, 6.07) is 9.08. The molecule has 0 bridgehead atoms. The molecule has 1 aromatic carbocycles. The molecule has 0 aliphatic carbocycles. The first-order valence-electron chi connectivity index (χ1n) is 10.0. The molecule has 2 heterocycles. The summed E-state index contributed by atoms with van der Waals surface area (Å²) in [5.41, 5.74) is 0. The van der Waals surface area contributed by atoms with E-state index < -0.39 is 16.1 Å². The quantitative estimate of drug-likeness (QED) is 0.675. The van der Waals surface area contributed by atoms with E-state index in [-0.39, 0.29) is 48.8 Å². The van der Waals surface area contributed by atoms with Gasteiger partial charge in [0.25, 0.3) is 5.91 Å². The smallest absolute Gasteiger partial charge is 0.262 e. The summed E-state index contributed by atoms with van der Waals surface area (Å²) in [5.74, 6) is 0.0142. The van der Waals surface area contributed by atoms with Gasteiger partial charge in [-0.25, -0.2) is 8.42 Å². The van der Waals surface area contributed by atoms with Crippen molar-refractivity contribution in [2.24, 2.45) is 5.92 Å². The van der Waals surface area contributed by atoms with Crippen molar-refractivity contribution in [2.45, 2.75) is 24.8 Å². The number of piperazine rings is 1. The Morgan fingerprint density at radius 2 is 1.71 bits per heavy atom. The molecule has 1 aliphatic rings. The molecule has 1 atom stereocenters. The highest BCUT2D eigenvalue weighted by atomic mass is 32.2. The first-order chi connectivity index (χ1) is 14.7. The minimum absolute atomic E-state index is 0.0996. The van der Waals surface area contributed by atoms with E-state index >= 15 is 0 Å². The first-order valence-corrected chi connectivity index (χ1v) is 12.3. The van der Waals surface area contributed by atoms with Crippen LogP contribution in [0.1, 0.15) is 23.5 Å². The van der Waals surface area contributed by atoms with Crippen molar-refractivity contribution in [3.05, 3.63) is 46.7 Å². The average Bonchev–Trinajstić information content (AvgIpc) is 3.32. The molecule has 3 rings (SSSR count). The van der Waals surface area contributed by atoms with Gasteiger partial charge in [-0.05, 0) is 41.6 Å². The van der Waals surface area contributed by atoms with Crippen molar-refractivity contribution in [1.29, 1.82) is 0 Å². The van der Waals surface area contributed by atoms with E-state index in [2.05, 4.69) is 5.32 Å². The van der Waals surface area contributed by atoms with Crippen molar-refractivity contribution in [2.75, 3.05) is 33.3 Å². The highest BCUT2D eigenvalue weighted by molar-refractivity contribution is 7.89. The Kier molecular flexibility index (Phi) is 7.34. The predicted molar refractivity (Wildman–Crippen MR) is 119 cm³/mol. The molecular formula is C21H27N3O5S2. The molecule has 0 saturated carbocycles. The predicted octanol–water partition coefficient (Wildman–Crippen LogP) is 2.04. The summed E-state index contributed by atoms with van der Waals surface area (Å²) in [5, 5.41) is 4.64. The fourth-order valence-electron chi connectivity index (χ4n) is 3.38. The van der Waals surface area contributed by atoms with Gasteiger partial charge in [0.05, 0.1) is 16.9 Å². The van der Waals surface area contributed by atoms with Gasteiger partial charge in [0.2, 0.25) is 15.9 Å². The highest BCUT2D eigenvalue weighted by Gasteiger charge is 2.34. The minimum atomic E-state index is -3.65. The molecular weight excluding hydrogens is 438 g/mol. The van der Waals surface area contributed by atoms with Gasteiger partial charge in [-0.3, -0.25) is 9.59 Å². The Bertz CT molecular complexity index is 996. The summed E-state index contributed by atoms with van der Waals surface area (Å²) >= 11 is 1.32. The number of hydrogen-bond donors (Lipinski definition) is 1. The number of methoxy groups -OCH3 is 1. The third kappa shape index (κ3) is 5.25. The van der Waals surface area contributed by atoms with Crippen LogP contribution in [-0.2, 0) is 14.8 Å². The number of nitrogens with one attached hydrogen (secondary N) is 1. The summed E-state index contributed by atoms with van der Waals surface area (Å²) in [7, 11) is -2.13. The molecule has 0 spiro atoms. The first kappa shape index (κ1) is 23.2. The van der Waals surface area contributed by atoms with Crippen molar-refractivity contribution < 1.29 is 22.7 Å². The van der Waals surface area contributed by atoms with E-state index in [1.807, 2.05) is 19.2 Å². The fourth-order valence-corrected chi connectivity index (χ4v) is 5.43. The second kappa shape index (κ2) is 9.80. The van der Waals surface area contributed by atoms with Gasteiger partial charge in [0.15, 0.2) is 0 Å². The third-order valence-electron chi connectivity index (χ3n) is 5.21. The number of amides is 2. The van der Waals surface area contributed by atoms with Crippen LogP contribution >= 0.6 is 11.3 Å². The van der Waals surface area contributed by atoms with Gasteiger partial charge in [-0.1, -0.05) is 19.9 Å². The van der Waals surface area contributed by atoms with Gasteiger partial charge in [0, 0.05) is 26.2 Å². The average molecular weight is 466 g/mol. The lowest BCUT2D eigenvalue weighted by Gasteiger charge is -2.36. The van der Waals surface area contributed by atoms with Crippen LogP contribution in [0.25, 0.3) is 0 Å². The summed E-state index contributed by atoms with van der Waals surface area (Å²) < 4.78 is 32.3. The van der Waals surface area contributed by atoms with Gasteiger partial charge in [-0.2, -0.15) is 4.31 Å². The van der Waals surface area contributed by atoms with Gasteiger partial charge in [0.1, 0.15) is 11.8 Å². The van der Waals surface area contributed by atoms with Crippen molar-refractivity contribution in [3.8, 4) is 5.75 Å². The van der Waals surface area contributed by atoms with Crippen LogP contribution in [0, 0.1) is 5.92 Å². The Hall–Kier alpha value is -2.43. The maximum atomic E-state index is 13.1. The number of carbonyl (C=O) groups excluding carboxylic acids is 2.